The van der Waals surface area contributed by atoms with Crippen LogP contribution < -0.4 is 4.90 Å². The van der Waals surface area contributed by atoms with E-state index in [1.54, 1.807) is 0 Å². The molecule has 0 fully saturated rings. The second-order valence-electron chi connectivity index (χ2n) is 5.34. The van der Waals surface area contributed by atoms with Crippen molar-refractivity contribution in [2.75, 3.05) is 11.4 Å². The van der Waals surface area contributed by atoms with E-state index in [9.17, 15) is 9.90 Å². The normalized spacial score (nSPS) is 17.4. The predicted octanol–water partition coefficient (Wildman–Crippen LogP) is 3.71. The molecular formula is C17H16BrNO2. The van der Waals surface area contributed by atoms with Gasteiger partial charge in [0.2, 0.25) is 0 Å². The Morgan fingerprint density at radius 2 is 1.90 bits per heavy atom. The molecule has 0 spiro atoms. The molecular weight excluding hydrogens is 330 g/mol. The number of carboxylic acids is 1. The molecule has 1 atom stereocenters. The van der Waals surface area contributed by atoms with E-state index in [0.29, 0.717) is 19.5 Å². The number of carboxylic acid groups (broad SMARTS) is 1. The number of anilines is 1. The number of nitrogens with zero attached hydrogens (tertiary/aromatic N) is 1. The van der Waals surface area contributed by atoms with E-state index in [0.717, 1.165) is 15.7 Å². The van der Waals surface area contributed by atoms with Gasteiger partial charge in [-0.05, 0) is 29.7 Å². The van der Waals surface area contributed by atoms with Gasteiger partial charge in [0.25, 0.3) is 0 Å². The van der Waals surface area contributed by atoms with Crippen molar-refractivity contribution in [1.82, 2.24) is 0 Å². The van der Waals surface area contributed by atoms with Gasteiger partial charge in [0, 0.05) is 23.2 Å². The first-order chi connectivity index (χ1) is 10.1. The second-order valence-corrected chi connectivity index (χ2v) is 6.19. The lowest BCUT2D eigenvalue weighted by atomic mass is 9.92. The molecule has 0 aliphatic carbocycles. The van der Waals surface area contributed by atoms with Crippen LogP contribution in [0.2, 0.25) is 0 Å². The maximum Gasteiger partial charge on any atom is 0.308 e. The molecule has 3 nitrogen and oxygen atoms in total. The Balaban J connectivity index is 1.93. The molecule has 0 radical (unpaired) electrons. The number of aliphatic carboxylic acids is 1. The fourth-order valence-corrected chi connectivity index (χ4v) is 3.24. The molecule has 0 bridgehead atoms. The molecule has 21 heavy (non-hydrogen) atoms. The average molecular weight is 346 g/mol. The van der Waals surface area contributed by atoms with E-state index in [1.807, 2.05) is 36.4 Å². The van der Waals surface area contributed by atoms with Crippen molar-refractivity contribution in [2.24, 2.45) is 5.92 Å². The standard InChI is InChI=1S/C17H16BrNO2/c18-15-7-3-1-6-13(15)10-19-11-14(17(20)21)9-12-5-2-4-8-16(12)19/h1-8,14H,9-11H2,(H,20,21). The van der Waals surface area contributed by atoms with Gasteiger partial charge in [0.05, 0.1) is 5.92 Å². The molecule has 4 heteroatoms. The minimum atomic E-state index is -0.721. The van der Waals surface area contributed by atoms with E-state index in [-0.39, 0.29) is 5.92 Å². The van der Waals surface area contributed by atoms with Gasteiger partial charge in [-0.2, -0.15) is 0 Å². The summed E-state index contributed by atoms with van der Waals surface area (Å²) in [5.41, 5.74) is 3.42. The SMILES string of the molecule is O=C(O)C1Cc2ccccc2N(Cc2ccccc2Br)C1. The molecule has 0 saturated carbocycles. The summed E-state index contributed by atoms with van der Waals surface area (Å²) in [7, 11) is 0. The first-order valence-corrected chi connectivity index (χ1v) is 7.73. The van der Waals surface area contributed by atoms with Crippen LogP contribution in [0.25, 0.3) is 0 Å². The van der Waals surface area contributed by atoms with Crippen LogP contribution in [0.3, 0.4) is 0 Å². The Morgan fingerprint density at radius 3 is 2.67 bits per heavy atom. The summed E-state index contributed by atoms with van der Waals surface area (Å²) in [6.07, 6.45) is 0.609. The lowest BCUT2D eigenvalue weighted by molar-refractivity contribution is -0.141. The van der Waals surface area contributed by atoms with E-state index < -0.39 is 5.97 Å². The van der Waals surface area contributed by atoms with Gasteiger partial charge < -0.3 is 10.0 Å². The maximum atomic E-state index is 11.4. The quantitative estimate of drug-likeness (QED) is 0.921. The first kappa shape index (κ1) is 14.1. The maximum absolute atomic E-state index is 11.4. The largest absolute Gasteiger partial charge is 0.481 e. The predicted molar refractivity (Wildman–Crippen MR) is 86.5 cm³/mol. The zero-order chi connectivity index (χ0) is 14.8. The van der Waals surface area contributed by atoms with Crippen molar-refractivity contribution in [3.63, 3.8) is 0 Å². The van der Waals surface area contributed by atoms with Crippen molar-refractivity contribution in [1.29, 1.82) is 0 Å². The van der Waals surface area contributed by atoms with Gasteiger partial charge >= 0.3 is 5.97 Å². The Hall–Kier alpha value is -1.81. The Labute approximate surface area is 132 Å². The number of hydrogen-bond donors (Lipinski definition) is 1. The third-order valence-electron chi connectivity index (χ3n) is 3.91. The van der Waals surface area contributed by atoms with Crippen molar-refractivity contribution < 1.29 is 9.90 Å². The molecule has 1 N–H and O–H groups in total. The Morgan fingerprint density at radius 1 is 1.19 bits per heavy atom. The average Bonchev–Trinajstić information content (AvgIpc) is 2.49. The summed E-state index contributed by atoms with van der Waals surface area (Å²) in [5.74, 6) is -1.07. The summed E-state index contributed by atoms with van der Waals surface area (Å²) in [5, 5.41) is 9.37. The van der Waals surface area contributed by atoms with Crippen LogP contribution in [0.4, 0.5) is 5.69 Å². The molecule has 1 heterocycles. The van der Waals surface area contributed by atoms with Crippen molar-refractivity contribution in [2.45, 2.75) is 13.0 Å². The van der Waals surface area contributed by atoms with Gasteiger partial charge in [-0.1, -0.05) is 52.3 Å². The van der Waals surface area contributed by atoms with Crippen LogP contribution in [-0.4, -0.2) is 17.6 Å². The van der Waals surface area contributed by atoms with Gasteiger partial charge in [0.15, 0.2) is 0 Å². The molecule has 0 saturated heterocycles. The number of fused-ring (bicyclic) bond motifs is 1. The summed E-state index contributed by atoms with van der Waals surface area (Å²) in [4.78, 5) is 13.6. The highest BCUT2D eigenvalue weighted by molar-refractivity contribution is 9.10. The molecule has 0 aromatic heterocycles. The lowest BCUT2D eigenvalue weighted by Gasteiger charge is -2.34. The van der Waals surface area contributed by atoms with Crippen LogP contribution in [-0.2, 0) is 17.8 Å². The summed E-state index contributed by atoms with van der Waals surface area (Å²) in [6.45, 7) is 1.26. The topological polar surface area (TPSA) is 40.5 Å². The number of rotatable bonds is 3. The second kappa shape index (κ2) is 5.90. The lowest BCUT2D eigenvalue weighted by Crippen LogP contribution is -2.38. The first-order valence-electron chi connectivity index (χ1n) is 6.94. The molecule has 3 rings (SSSR count). The number of carbonyl (C=O) groups is 1. The van der Waals surface area contributed by atoms with Crippen LogP contribution in [0, 0.1) is 5.92 Å². The molecule has 2 aromatic rings. The van der Waals surface area contributed by atoms with Gasteiger partial charge in [-0.15, -0.1) is 0 Å². The zero-order valence-corrected chi connectivity index (χ0v) is 13.1. The van der Waals surface area contributed by atoms with Crippen molar-refractivity contribution in [3.05, 3.63) is 64.1 Å². The highest BCUT2D eigenvalue weighted by atomic mass is 79.9. The van der Waals surface area contributed by atoms with Gasteiger partial charge in [-0.3, -0.25) is 4.79 Å². The Kier molecular flexibility index (Phi) is 3.97. The Bertz CT molecular complexity index is 671. The molecule has 0 amide bonds. The molecule has 1 unspecified atom stereocenters. The third-order valence-corrected chi connectivity index (χ3v) is 4.68. The van der Waals surface area contributed by atoms with E-state index in [4.69, 9.17) is 0 Å². The van der Waals surface area contributed by atoms with E-state index in [1.165, 1.54) is 5.56 Å². The molecule has 108 valence electrons. The van der Waals surface area contributed by atoms with Crippen molar-refractivity contribution >= 4 is 27.6 Å². The molecule has 1 aliphatic heterocycles. The highest BCUT2D eigenvalue weighted by Crippen LogP contribution is 2.32. The number of hydrogen-bond acceptors (Lipinski definition) is 2. The van der Waals surface area contributed by atoms with Crippen LogP contribution in [0.5, 0.6) is 0 Å². The smallest absolute Gasteiger partial charge is 0.308 e. The monoisotopic (exact) mass is 345 g/mol. The van der Waals surface area contributed by atoms with Crippen LogP contribution in [0.15, 0.2) is 53.0 Å². The minimum Gasteiger partial charge on any atom is -0.481 e. The van der Waals surface area contributed by atoms with E-state index in [2.05, 4.69) is 33.0 Å². The van der Waals surface area contributed by atoms with Gasteiger partial charge in [0.1, 0.15) is 0 Å². The summed E-state index contributed by atoms with van der Waals surface area (Å²) >= 11 is 3.56. The van der Waals surface area contributed by atoms with Crippen LogP contribution in [0.1, 0.15) is 11.1 Å². The highest BCUT2D eigenvalue weighted by Gasteiger charge is 2.28. The van der Waals surface area contributed by atoms with Crippen LogP contribution >= 0.6 is 15.9 Å². The van der Waals surface area contributed by atoms with Crippen molar-refractivity contribution in [3.8, 4) is 0 Å². The fourth-order valence-electron chi connectivity index (χ4n) is 2.83. The summed E-state index contributed by atoms with van der Waals surface area (Å²) in [6, 6.07) is 16.1. The zero-order valence-electron chi connectivity index (χ0n) is 11.5. The third kappa shape index (κ3) is 2.95. The molecule has 1 aliphatic rings. The van der Waals surface area contributed by atoms with Gasteiger partial charge in [-0.25, -0.2) is 0 Å². The number of benzene rings is 2. The number of para-hydroxylation sites is 1. The summed E-state index contributed by atoms with van der Waals surface area (Å²) < 4.78 is 1.06. The number of halogens is 1. The minimum absolute atomic E-state index is 0.345. The van der Waals surface area contributed by atoms with E-state index >= 15 is 0 Å². The fraction of sp³-hybridized carbons (Fsp3) is 0.235. The molecule has 2 aromatic carbocycles.